The van der Waals surface area contributed by atoms with Crippen LogP contribution in [0, 0.1) is 5.82 Å². The van der Waals surface area contributed by atoms with E-state index in [0.717, 1.165) is 0 Å². The van der Waals surface area contributed by atoms with Gasteiger partial charge >= 0.3 is 6.03 Å². The van der Waals surface area contributed by atoms with Gasteiger partial charge in [-0.2, -0.15) is 0 Å². The van der Waals surface area contributed by atoms with Crippen LogP contribution < -0.4 is 20.5 Å². The summed E-state index contributed by atoms with van der Waals surface area (Å²) in [4.78, 5) is 29.7. The van der Waals surface area contributed by atoms with Gasteiger partial charge in [0.15, 0.2) is 11.6 Å². The number of ether oxygens (including phenoxy) is 2. The van der Waals surface area contributed by atoms with Crippen molar-refractivity contribution in [3.05, 3.63) is 52.9 Å². The Morgan fingerprint density at radius 3 is 2.73 bits per heavy atom. The topological polar surface area (TPSA) is 127 Å². The molecule has 172 valence electrons. The maximum absolute atomic E-state index is 15.0. The van der Waals surface area contributed by atoms with Crippen molar-refractivity contribution in [2.24, 2.45) is 5.73 Å². The molecule has 1 aromatic heterocycles. The third-order valence-corrected chi connectivity index (χ3v) is 5.62. The van der Waals surface area contributed by atoms with E-state index < -0.39 is 23.9 Å². The Hall–Kier alpha value is -3.63. The number of benzene rings is 2. The first-order valence-electron chi connectivity index (χ1n) is 9.95. The van der Waals surface area contributed by atoms with Gasteiger partial charge in [0.25, 0.3) is 5.91 Å². The average molecular weight is 475 g/mol. The molecule has 1 aliphatic heterocycles. The number of urea groups is 1. The van der Waals surface area contributed by atoms with Crippen LogP contribution in [0.2, 0.25) is 5.02 Å². The predicted octanol–water partition coefficient (Wildman–Crippen LogP) is 3.53. The summed E-state index contributed by atoms with van der Waals surface area (Å²) >= 11 is 6.14. The minimum absolute atomic E-state index is 0.0632. The molecular formula is C22H20ClFN4O5. The molecular weight excluding hydrogens is 455 g/mol. The third kappa shape index (κ3) is 4.48. The molecule has 2 heterocycles. The van der Waals surface area contributed by atoms with E-state index in [1.807, 2.05) is 0 Å². The number of likely N-dealkylation sites (tertiary alicyclic amines) is 1. The van der Waals surface area contributed by atoms with Crippen molar-refractivity contribution < 1.29 is 28.6 Å². The molecule has 0 bridgehead atoms. The van der Waals surface area contributed by atoms with Gasteiger partial charge in [-0.1, -0.05) is 11.6 Å². The Bertz CT molecular complexity index is 1260. The van der Waals surface area contributed by atoms with Crippen molar-refractivity contribution in [2.45, 2.75) is 12.5 Å². The molecule has 0 saturated carbocycles. The van der Waals surface area contributed by atoms with E-state index in [9.17, 15) is 19.1 Å². The summed E-state index contributed by atoms with van der Waals surface area (Å²) in [6.07, 6.45) is 1.36. The van der Waals surface area contributed by atoms with E-state index in [0.29, 0.717) is 23.9 Å². The maximum atomic E-state index is 15.0. The number of hydrogen-bond acceptors (Lipinski definition) is 6. The Labute approximate surface area is 192 Å². The van der Waals surface area contributed by atoms with Gasteiger partial charge in [0.1, 0.15) is 16.5 Å². The third-order valence-electron chi connectivity index (χ3n) is 5.25. The number of carbonyl (C=O) groups is 2. The summed E-state index contributed by atoms with van der Waals surface area (Å²) < 4.78 is 25.9. The highest BCUT2D eigenvalue weighted by atomic mass is 35.5. The first-order valence-corrected chi connectivity index (χ1v) is 10.3. The van der Waals surface area contributed by atoms with Gasteiger partial charge in [-0.25, -0.2) is 9.18 Å². The van der Waals surface area contributed by atoms with E-state index in [2.05, 4.69) is 10.3 Å². The van der Waals surface area contributed by atoms with Crippen LogP contribution in [-0.2, 0) is 0 Å². The summed E-state index contributed by atoms with van der Waals surface area (Å²) in [7, 11) is 1.40. The number of nitrogens with zero attached hydrogens (tertiary/aromatic N) is 2. The second kappa shape index (κ2) is 9.08. The van der Waals surface area contributed by atoms with Gasteiger partial charge in [-0.3, -0.25) is 9.78 Å². The molecule has 4 N–H and O–H groups in total. The summed E-state index contributed by atoms with van der Waals surface area (Å²) in [6, 6.07) is 6.72. The van der Waals surface area contributed by atoms with E-state index >= 15 is 0 Å². The highest BCUT2D eigenvalue weighted by Crippen LogP contribution is 2.37. The highest BCUT2D eigenvalue weighted by molar-refractivity contribution is 6.34. The number of methoxy groups -OCH3 is 1. The Balaban J connectivity index is 1.63. The van der Waals surface area contributed by atoms with Crippen LogP contribution in [-0.4, -0.2) is 53.2 Å². The molecule has 1 fully saturated rings. The average Bonchev–Trinajstić information content (AvgIpc) is 3.24. The van der Waals surface area contributed by atoms with Crippen molar-refractivity contribution >= 4 is 40.1 Å². The van der Waals surface area contributed by atoms with Crippen LogP contribution in [0.5, 0.6) is 17.2 Å². The summed E-state index contributed by atoms with van der Waals surface area (Å²) in [5.41, 5.74) is 6.05. The number of aliphatic hydroxyl groups is 1. The SMILES string of the molecule is COc1cc2nccc(Oc3ccc(NC(=O)N4CC[C@H](O)C4)c(Cl)c3F)c2cc1C(N)=O. The molecule has 33 heavy (non-hydrogen) atoms. The van der Waals surface area contributed by atoms with Gasteiger partial charge in [-0.05, 0) is 30.7 Å². The second-order valence-corrected chi connectivity index (χ2v) is 7.78. The minimum atomic E-state index is -0.885. The van der Waals surface area contributed by atoms with Crippen LogP contribution >= 0.6 is 11.6 Å². The Morgan fingerprint density at radius 1 is 1.27 bits per heavy atom. The molecule has 4 rings (SSSR count). The van der Waals surface area contributed by atoms with E-state index in [1.54, 1.807) is 0 Å². The fourth-order valence-corrected chi connectivity index (χ4v) is 3.75. The Kier molecular flexibility index (Phi) is 6.21. The molecule has 2 aromatic carbocycles. The molecule has 1 atom stereocenters. The van der Waals surface area contributed by atoms with Crippen molar-refractivity contribution in [2.75, 3.05) is 25.5 Å². The largest absolute Gasteiger partial charge is 0.496 e. The van der Waals surface area contributed by atoms with Crippen LogP contribution in [0.15, 0.2) is 36.5 Å². The number of aromatic nitrogens is 1. The lowest BCUT2D eigenvalue weighted by atomic mass is 10.1. The first kappa shape index (κ1) is 22.6. The molecule has 3 aromatic rings. The van der Waals surface area contributed by atoms with Crippen LogP contribution in [0.25, 0.3) is 10.9 Å². The van der Waals surface area contributed by atoms with Crippen molar-refractivity contribution in [1.82, 2.24) is 9.88 Å². The first-order chi connectivity index (χ1) is 15.8. The maximum Gasteiger partial charge on any atom is 0.321 e. The fraction of sp³-hybridized carbons (Fsp3) is 0.227. The number of pyridine rings is 1. The van der Waals surface area contributed by atoms with Crippen molar-refractivity contribution in [1.29, 1.82) is 0 Å². The monoisotopic (exact) mass is 474 g/mol. The zero-order valence-corrected chi connectivity index (χ0v) is 18.2. The highest BCUT2D eigenvalue weighted by Gasteiger charge is 2.26. The number of halogens is 2. The normalized spacial score (nSPS) is 15.5. The summed E-state index contributed by atoms with van der Waals surface area (Å²) in [5, 5.41) is 12.2. The number of amides is 3. The van der Waals surface area contributed by atoms with Crippen molar-refractivity contribution in [3.8, 4) is 17.2 Å². The number of aliphatic hydroxyl groups excluding tert-OH is 1. The molecule has 0 radical (unpaired) electrons. The minimum Gasteiger partial charge on any atom is -0.496 e. The van der Waals surface area contributed by atoms with E-state index in [-0.39, 0.29) is 40.1 Å². The second-order valence-electron chi connectivity index (χ2n) is 7.40. The molecule has 1 saturated heterocycles. The van der Waals surface area contributed by atoms with Crippen LogP contribution in [0.4, 0.5) is 14.9 Å². The standard InChI is InChI=1S/C22H20ClFN4O5/c1-32-18-9-15-12(8-13(18)21(25)30)16(4-6-26-15)33-17-3-2-14(19(23)20(17)24)27-22(31)28-7-5-11(29)10-28/h2-4,6,8-9,11,29H,5,7,10H2,1H3,(H2,25,30)(H,27,31)/t11-/m0/s1. The lowest BCUT2D eigenvalue weighted by Gasteiger charge is -2.18. The van der Waals surface area contributed by atoms with Gasteiger partial charge in [-0.15, -0.1) is 0 Å². The number of nitrogens with one attached hydrogen (secondary N) is 1. The number of carbonyl (C=O) groups excluding carboxylic acids is 2. The van der Waals surface area contributed by atoms with Gasteiger partial charge in [0, 0.05) is 30.7 Å². The van der Waals surface area contributed by atoms with Crippen LogP contribution in [0.1, 0.15) is 16.8 Å². The zero-order valence-electron chi connectivity index (χ0n) is 17.5. The quantitative estimate of drug-likeness (QED) is 0.519. The molecule has 9 nitrogen and oxygen atoms in total. The summed E-state index contributed by atoms with van der Waals surface area (Å²) in [5.74, 6) is -1.33. The number of primary amides is 1. The molecule has 0 unspecified atom stereocenters. The van der Waals surface area contributed by atoms with Gasteiger partial charge in [0.2, 0.25) is 0 Å². The number of nitrogens with two attached hydrogens (primary N) is 1. The summed E-state index contributed by atoms with van der Waals surface area (Å²) in [6.45, 7) is 0.585. The molecule has 1 aliphatic rings. The van der Waals surface area contributed by atoms with Crippen LogP contribution in [0.3, 0.4) is 0 Å². The fourth-order valence-electron chi connectivity index (χ4n) is 3.54. The Morgan fingerprint density at radius 2 is 2.06 bits per heavy atom. The predicted molar refractivity (Wildman–Crippen MR) is 120 cm³/mol. The number of fused-ring (bicyclic) bond motifs is 1. The van der Waals surface area contributed by atoms with Gasteiger partial charge in [0.05, 0.1) is 30.0 Å². The van der Waals surface area contributed by atoms with E-state index in [1.165, 1.54) is 48.5 Å². The van der Waals surface area contributed by atoms with Gasteiger partial charge < -0.3 is 30.5 Å². The van der Waals surface area contributed by atoms with E-state index in [4.69, 9.17) is 26.8 Å². The van der Waals surface area contributed by atoms with Crippen molar-refractivity contribution in [3.63, 3.8) is 0 Å². The molecule has 3 amide bonds. The molecule has 0 spiro atoms. The smallest absolute Gasteiger partial charge is 0.321 e. The molecule has 0 aliphatic carbocycles. The molecule has 11 heteroatoms. The number of hydrogen-bond donors (Lipinski definition) is 3. The lowest BCUT2D eigenvalue weighted by Crippen LogP contribution is -2.33. The number of rotatable bonds is 5. The zero-order chi connectivity index (χ0) is 23.7. The number of anilines is 1. The lowest BCUT2D eigenvalue weighted by molar-refractivity contribution is 0.0997. The number of β-amino-alcohol motifs (C(OH)–C–C–N with tert-alkyl or cyclic N) is 1.